The molecule has 1 aliphatic heterocycles. The number of aryl methyl sites for hydroxylation is 1. The Bertz CT molecular complexity index is 456. The third-order valence-corrected chi connectivity index (χ3v) is 4.15. The maximum absolute atomic E-state index is 10.6. The average molecular weight is 277 g/mol. The number of methoxy groups -OCH3 is 1. The first-order valence-electron chi connectivity index (χ1n) is 7.46. The van der Waals surface area contributed by atoms with Crippen LogP contribution in [0.5, 0.6) is 5.75 Å². The van der Waals surface area contributed by atoms with Crippen LogP contribution in [0.25, 0.3) is 0 Å². The van der Waals surface area contributed by atoms with Gasteiger partial charge in [-0.2, -0.15) is 0 Å². The molecule has 1 fully saturated rings. The van der Waals surface area contributed by atoms with Gasteiger partial charge in [0, 0.05) is 18.7 Å². The number of rotatable bonds is 4. The molecule has 0 bridgehead atoms. The molecule has 0 saturated carbocycles. The zero-order valence-electron chi connectivity index (χ0n) is 13.1. The Balaban J connectivity index is 2.08. The fourth-order valence-electron chi connectivity index (χ4n) is 3.16. The molecule has 3 heteroatoms. The molecule has 1 heterocycles. The Hall–Kier alpha value is -1.06. The molecular weight excluding hydrogens is 250 g/mol. The van der Waals surface area contributed by atoms with Crippen molar-refractivity contribution in [3.05, 3.63) is 29.3 Å². The van der Waals surface area contributed by atoms with E-state index in [9.17, 15) is 5.11 Å². The SMILES string of the molecule is COc1ccc(C)cc1C(O)CN1CCCC(C)(C)C1. The van der Waals surface area contributed by atoms with Gasteiger partial charge in [-0.05, 0) is 43.9 Å². The monoisotopic (exact) mass is 277 g/mol. The van der Waals surface area contributed by atoms with Crippen LogP contribution < -0.4 is 4.74 Å². The number of benzene rings is 1. The highest BCUT2D eigenvalue weighted by Gasteiger charge is 2.28. The molecule has 0 amide bonds. The number of hydrogen-bond donors (Lipinski definition) is 1. The highest BCUT2D eigenvalue weighted by atomic mass is 16.5. The minimum Gasteiger partial charge on any atom is -0.496 e. The van der Waals surface area contributed by atoms with Crippen molar-refractivity contribution in [3.63, 3.8) is 0 Å². The van der Waals surface area contributed by atoms with Crippen LogP contribution in [-0.2, 0) is 0 Å². The minimum atomic E-state index is -0.487. The van der Waals surface area contributed by atoms with Crippen LogP contribution in [-0.4, -0.2) is 36.8 Å². The molecule has 0 spiro atoms. The Labute approximate surface area is 122 Å². The summed E-state index contributed by atoms with van der Waals surface area (Å²) < 4.78 is 5.37. The molecule has 1 aromatic carbocycles. The molecular formula is C17H27NO2. The van der Waals surface area contributed by atoms with E-state index in [-0.39, 0.29) is 0 Å². The van der Waals surface area contributed by atoms with E-state index in [4.69, 9.17) is 4.74 Å². The van der Waals surface area contributed by atoms with Crippen LogP contribution in [0.15, 0.2) is 18.2 Å². The highest BCUT2D eigenvalue weighted by Crippen LogP contribution is 2.31. The van der Waals surface area contributed by atoms with Gasteiger partial charge < -0.3 is 9.84 Å². The van der Waals surface area contributed by atoms with Crippen molar-refractivity contribution in [1.82, 2.24) is 4.90 Å². The second kappa shape index (κ2) is 6.15. The van der Waals surface area contributed by atoms with Gasteiger partial charge in [0.2, 0.25) is 0 Å². The van der Waals surface area contributed by atoms with E-state index in [2.05, 4.69) is 18.7 Å². The maximum atomic E-state index is 10.6. The fourth-order valence-corrected chi connectivity index (χ4v) is 3.16. The van der Waals surface area contributed by atoms with Gasteiger partial charge in [-0.3, -0.25) is 4.90 Å². The molecule has 1 aliphatic rings. The molecule has 1 aromatic rings. The van der Waals surface area contributed by atoms with Gasteiger partial charge in [0.1, 0.15) is 5.75 Å². The van der Waals surface area contributed by atoms with Crippen LogP contribution in [0.3, 0.4) is 0 Å². The Morgan fingerprint density at radius 3 is 2.80 bits per heavy atom. The Kier molecular flexibility index (Phi) is 4.71. The van der Waals surface area contributed by atoms with Crippen molar-refractivity contribution in [2.75, 3.05) is 26.7 Å². The zero-order valence-corrected chi connectivity index (χ0v) is 13.1. The topological polar surface area (TPSA) is 32.7 Å². The number of aliphatic hydroxyl groups excluding tert-OH is 1. The lowest BCUT2D eigenvalue weighted by Crippen LogP contribution is -2.42. The molecule has 1 atom stereocenters. The fraction of sp³-hybridized carbons (Fsp3) is 0.647. The predicted molar refractivity (Wildman–Crippen MR) is 82.1 cm³/mol. The Morgan fingerprint density at radius 2 is 2.15 bits per heavy atom. The summed E-state index contributed by atoms with van der Waals surface area (Å²) in [6.07, 6.45) is 2.00. The van der Waals surface area contributed by atoms with Crippen LogP contribution >= 0.6 is 0 Å². The van der Waals surface area contributed by atoms with Crippen molar-refractivity contribution >= 4 is 0 Å². The second-order valence-corrected chi connectivity index (χ2v) is 6.76. The van der Waals surface area contributed by atoms with Crippen molar-refractivity contribution in [3.8, 4) is 5.75 Å². The molecule has 1 saturated heterocycles. The molecule has 0 aliphatic carbocycles. The molecule has 112 valence electrons. The van der Waals surface area contributed by atoms with E-state index in [1.54, 1.807) is 7.11 Å². The van der Waals surface area contributed by atoms with Crippen LogP contribution in [0.4, 0.5) is 0 Å². The molecule has 1 unspecified atom stereocenters. The van der Waals surface area contributed by atoms with E-state index < -0.39 is 6.10 Å². The number of β-amino-alcohol motifs (C(OH)–C–C–N with tert-alkyl or cyclic N) is 1. The summed E-state index contributed by atoms with van der Waals surface area (Å²) in [6, 6.07) is 5.98. The van der Waals surface area contributed by atoms with E-state index >= 15 is 0 Å². The highest BCUT2D eigenvalue weighted by molar-refractivity contribution is 5.38. The third kappa shape index (κ3) is 3.74. The van der Waals surface area contributed by atoms with E-state index in [0.29, 0.717) is 12.0 Å². The zero-order chi connectivity index (χ0) is 14.8. The van der Waals surface area contributed by atoms with Crippen molar-refractivity contribution in [1.29, 1.82) is 0 Å². The van der Waals surface area contributed by atoms with E-state index in [1.807, 2.05) is 25.1 Å². The molecule has 1 N–H and O–H groups in total. The minimum absolute atomic E-state index is 0.356. The lowest BCUT2D eigenvalue weighted by molar-refractivity contribution is 0.0587. The summed E-state index contributed by atoms with van der Waals surface area (Å²) >= 11 is 0. The molecule has 3 nitrogen and oxygen atoms in total. The summed E-state index contributed by atoms with van der Waals surface area (Å²) in [4.78, 5) is 2.37. The smallest absolute Gasteiger partial charge is 0.124 e. The van der Waals surface area contributed by atoms with Gasteiger partial charge >= 0.3 is 0 Å². The lowest BCUT2D eigenvalue weighted by Gasteiger charge is -2.39. The number of aliphatic hydroxyl groups is 1. The van der Waals surface area contributed by atoms with Gasteiger partial charge in [0.05, 0.1) is 13.2 Å². The van der Waals surface area contributed by atoms with Crippen molar-refractivity contribution in [2.45, 2.75) is 39.7 Å². The van der Waals surface area contributed by atoms with E-state index in [0.717, 1.165) is 30.0 Å². The predicted octanol–water partition coefficient (Wildman–Crippen LogP) is 3.16. The number of likely N-dealkylation sites (tertiary alicyclic amines) is 1. The normalized spacial score (nSPS) is 20.6. The number of nitrogens with zero attached hydrogens (tertiary/aromatic N) is 1. The van der Waals surface area contributed by atoms with Crippen LogP contribution in [0.2, 0.25) is 0 Å². The van der Waals surface area contributed by atoms with Gasteiger partial charge in [-0.25, -0.2) is 0 Å². The van der Waals surface area contributed by atoms with Gasteiger partial charge in [-0.15, -0.1) is 0 Å². The van der Waals surface area contributed by atoms with Crippen LogP contribution in [0, 0.1) is 12.3 Å². The van der Waals surface area contributed by atoms with Gasteiger partial charge in [0.15, 0.2) is 0 Å². The lowest BCUT2D eigenvalue weighted by atomic mass is 9.84. The first-order valence-corrected chi connectivity index (χ1v) is 7.46. The first kappa shape index (κ1) is 15.3. The number of piperidine rings is 1. The molecule has 0 radical (unpaired) electrons. The second-order valence-electron chi connectivity index (χ2n) is 6.76. The molecule has 2 rings (SSSR count). The molecule has 20 heavy (non-hydrogen) atoms. The molecule has 0 aromatic heterocycles. The standard InChI is InChI=1S/C17H27NO2/c1-13-6-7-16(20-4)14(10-13)15(19)11-18-9-5-8-17(2,3)12-18/h6-7,10,15,19H,5,8-9,11-12H2,1-4H3. The van der Waals surface area contributed by atoms with Gasteiger partial charge in [-0.1, -0.05) is 25.5 Å². The number of ether oxygens (including phenoxy) is 1. The van der Waals surface area contributed by atoms with Crippen LogP contribution in [0.1, 0.15) is 43.9 Å². The van der Waals surface area contributed by atoms with Crippen molar-refractivity contribution in [2.24, 2.45) is 5.41 Å². The van der Waals surface area contributed by atoms with Crippen molar-refractivity contribution < 1.29 is 9.84 Å². The summed E-state index contributed by atoms with van der Waals surface area (Å²) in [5, 5.41) is 10.6. The quantitative estimate of drug-likeness (QED) is 0.917. The summed E-state index contributed by atoms with van der Waals surface area (Å²) in [5.41, 5.74) is 2.41. The summed E-state index contributed by atoms with van der Waals surface area (Å²) in [6.45, 7) is 9.47. The summed E-state index contributed by atoms with van der Waals surface area (Å²) in [5.74, 6) is 0.777. The van der Waals surface area contributed by atoms with Gasteiger partial charge in [0.25, 0.3) is 0 Å². The Morgan fingerprint density at radius 1 is 1.40 bits per heavy atom. The maximum Gasteiger partial charge on any atom is 0.124 e. The van der Waals surface area contributed by atoms with E-state index in [1.165, 1.54) is 12.8 Å². The third-order valence-electron chi connectivity index (χ3n) is 4.15. The largest absolute Gasteiger partial charge is 0.496 e. The summed E-state index contributed by atoms with van der Waals surface area (Å²) in [7, 11) is 1.66. The first-order chi connectivity index (χ1) is 9.41. The number of hydrogen-bond acceptors (Lipinski definition) is 3. The average Bonchev–Trinajstić information content (AvgIpc) is 2.37.